The molecule has 0 aromatic heterocycles. The Labute approximate surface area is 127 Å². The minimum absolute atomic E-state index is 0.322. The van der Waals surface area contributed by atoms with Crippen LogP contribution in [0.1, 0.15) is 19.8 Å². The van der Waals surface area contributed by atoms with E-state index in [4.69, 9.17) is 4.74 Å². The highest BCUT2D eigenvalue weighted by molar-refractivity contribution is 7.89. The first-order valence-electron chi connectivity index (χ1n) is 7.44. The molecule has 2 rings (SSSR count). The number of nitrogens with one attached hydrogen (secondary N) is 1. The molecule has 5 nitrogen and oxygen atoms in total. The fourth-order valence-corrected chi connectivity index (χ4v) is 3.83. The third-order valence-corrected chi connectivity index (χ3v) is 5.65. The number of rotatable bonds is 6. The Bertz CT molecular complexity index is 537. The van der Waals surface area contributed by atoms with Crippen LogP contribution in [0.25, 0.3) is 0 Å². The van der Waals surface area contributed by atoms with Crippen LogP contribution in [0.2, 0.25) is 0 Å². The molecule has 0 saturated carbocycles. The molecule has 0 bridgehead atoms. The van der Waals surface area contributed by atoms with Crippen molar-refractivity contribution < 1.29 is 13.2 Å². The van der Waals surface area contributed by atoms with E-state index in [0.29, 0.717) is 29.7 Å². The van der Waals surface area contributed by atoms with Crippen LogP contribution < -0.4 is 10.1 Å². The van der Waals surface area contributed by atoms with Crippen molar-refractivity contribution in [2.24, 2.45) is 5.92 Å². The summed E-state index contributed by atoms with van der Waals surface area (Å²) in [6.45, 7) is 5.00. The van der Waals surface area contributed by atoms with Gasteiger partial charge in [-0.25, -0.2) is 12.7 Å². The summed E-state index contributed by atoms with van der Waals surface area (Å²) in [5, 5.41) is 3.29. The minimum atomic E-state index is -3.41. The molecule has 1 N–H and O–H groups in total. The van der Waals surface area contributed by atoms with Crippen LogP contribution in [0.5, 0.6) is 5.75 Å². The van der Waals surface area contributed by atoms with Crippen molar-refractivity contribution >= 4 is 10.0 Å². The number of hydrogen-bond acceptors (Lipinski definition) is 4. The zero-order valence-electron chi connectivity index (χ0n) is 12.7. The summed E-state index contributed by atoms with van der Waals surface area (Å²) in [6, 6.07) is 6.63. The summed E-state index contributed by atoms with van der Waals surface area (Å²) in [4.78, 5) is 0.322. The van der Waals surface area contributed by atoms with Gasteiger partial charge in [-0.1, -0.05) is 0 Å². The van der Waals surface area contributed by atoms with E-state index in [9.17, 15) is 8.42 Å². The van der Waals surface area contributed by atoms with Gasteiger partial charge in [0.1, 0.15) is 5.75 Å². The molecular formula is C15H24N2O3S. The maximum Gasteiger partial charge on any atom is 0.242 e. The Balaban J connectivity index is 2.05. The van der Waals surface area contributed by atoms with Gasteiger partial charge in [0.2, 0.25) is 10.0 Å². The Kier molecular flexibility index (Phi) is 5.61. The molecule has 1 aliphatic rings. The predicted octanol–water partition coefficient (Wildman–Crippen LogP) is 1.71. The first kappa shape index (κ1) is 16.3. The number of nitrogens with zero attached hydrogens (tertiary/aromatic N) is 1. The van der Waals surface area contributed by atoms with Gasteiger partial charge in [-0.2, -0.15) is 0 Å². The predicted molar refractivity (Wildman–Crippen MR) is 83.0 cm³/mol. The zero-order chi connectivity index (χ0) is 15.3. The van der Waals surface area contributed by atoms with Crippen molar-refractivity contribution in [3.05, 3.63) is 24.3 Å². The maximum absolute atomic E-state index is 12.5. The third-order valence-electron chi connectivity index (χ3n) is 3.82. The number of hydrogen-bond donors (Lipinski definition) is 1. The molecule has 0 spiro atoms. The van der Waals surface area contributed by atoms with E-state index in [2.05, 4.69) is 5.32 Å². The fourth-order valence-electron chi connectivity index (χ4n) is 2.58. The van der Waals surface area contributed by atoms with Gasteiger partial charge in [-0.3, -0.25) is 0 Å². The van der Waals surface area contributed by atoms with Crippen molar-refractivity contribution in [3.63, 3.8) is 0 Å². The number of benzene rings is 1. The Morgan fingerprint density at radius 3 is 2.43 bits per heavy atom. The van der Waals surface area contributed by atoms with Gasteiger partial charge in [-0.05, 0) is 63.0 Å². The number of sulfonamides is 1. The molecule has 0 aliphatic carbocycles. The SMILES string of the molecule is CCOc1ccc(S(=O)(=O)N(C)CC2CCNCC2)cc1. The van der Waals surface area contributed by atoms with Gasteiger partial charge >= 0.3 is 0 Å². The Morgan fingerprint density at radius 2 is 1.86 bits per heavy atom. The van der Waals surface area contributed by atoms with Crippen LogP contribution in [0, 0.1) is 5.92 Å². The molecule has 0 unspecified atom stereocenters. The molecule has 0 amide bonds. The van der Waals surface area contributed by atoms with E-state index in [-0.39, 0.29) is 0 Å². The van der Waals surface area contributed by atoms with Crippen LogP contribution in [0.3, 0.4) is 0 Å². The molecule has 0 radical (unpaired) electrons. The average molecular weight is 312 g/mol. The van der Waals surface area contributed by atoms with Crippen LogP contribution in [0.15, 0.2) is 29.2 Å². The molecule has 0 atom stereocenters. The average Bonchev–Trinajstić information content (AvgIpc) is 2.49. The Morgan fingerprint density at radius 1 is 1.24 bits per heavy atom. The number of ether oxygens (including phenoxy) is 1. The van der Waals surface area contributed by atoms with Crippen LogP contribution in [-0.2, 0) is 10.0 Å². The summed E-state index contributed by atoms with van der Waals surface area (Å²) in [6.07, 6.45) is 2.06. The highest BCUT2D eigenvalue weighted by atomic mass is 32.2. The lowest BCUT2D eigenvalue weighted by Gasteiger charge is -2.27. The molecule has 118 valence electrons. The molecule has 1 aromatic carbocycles. The molecular weight excluding hydrogens is 288 g/mol. The number of piperidine rings is 1. The van der Waals surface area contributed by atoms with Crippen LogP contribution in [0.4, 0.5) is 0 Å². The molecule has 1 saturated heterocycles. The van der Waals surface area contributed by atoms with E-state index in [1.807, 2.05) is 6.92 Å². The van der Waals surface area contributed by atoms with E-state index in [1.165, 1.54) is 4.31 Å². The monoisotopic (exact) mass is 312 g/mol. The zero-order valence-corrected chi connectivity index (χ0v) is 13.5. The van der Waals surface area contributed by atoms with Crippen molar-refractivity contribution in [1.29, 1.82) is 0 Å². The van der Waals surface area contributed by atoms with E-state index >= 15 is 0 Å². The van der Waals surface area contributed by atoms with Crippen molar-refractivity contribution in [1.82, 2.24) is 9.62 Å². The lowest BCUT2D eigenvalue weighted by Crippen LogP contribution is -2.37. The largest absolute Gasteiger partial charge is 0.494 e. The summed E-state index contributed by atoms with van der Waals surface area (Å²) in [5.74, 6) is 1.13. The molecule has 6 heteroatoms. The van der Waals surface area contributed by atoms with Gasteiger partial charge in [0.25, 0.3) is 0 Å². The summed E-state index contributed by atoms with van der Waals surface area (Å²) >= 11 is 0. The normalized spacial score (nSPS) is 17.1. The standard InChI is InChI=1S/C15H24N2O3S/c1-3-20-14-4-6-15(7-5-14)21(18,19)17(2)12-13-8-10-16-11-9-13/h4-7,13,16H,3,8-12H2,1-2H3. The summed E-state index contributed by atoms with van der Waals surface area (Å²) in [7, 11) is -1.75. The molecule has 21 heavy (non-hydrogen) atoms. The van der Waals surface area contributed by atoms with E-state index < -0.39 is 10.0 Å². The molecule has 1 aliphatic heterocycles. The lowest BCUT2D eigenvalue weighted by atomic mass is 9.98. The summed E-state index contributed by atoms with van der Waals surface area (Å²) in [5.41, 5.74) is 0. The van der Waals surface area contributed by atoms with Gasteiger partial charge in [0.15, 0.2) is 0 Å². The van der Waals surface area contributed by atoms with Gasteiger partial charge < -0.3 is 10.1 Å². The van der Waals surface area contributed by atoms with Crippen molar-refractivity contribution in [2.45, 2.75) is 24.7 Å². The second-order valence-electron chi connectivity index (χ2n) is 5.38. The maximum atomic E-state index is 12.5. The van der Waals surface area contributed by atoms with Gasteiger partial charge in [0.05, 0.1) is 11.5 Å². The topological polar surface area (TPSA) is 58.6 Å². The van der Waals surface area contributed by atoms with Gasteiger partial charge in [-0.15, -0.1) is 0 Å². The fraction of sp³-hybridized carbons (Fsp3) is 0.600. The first-order chi connectivity index (χ1) is 10.0. The lowest BCUT2D eigenvalue weighted by molar-refractivity contribution is 0.311. The molecule has 1 fully saturated rings. The smallest absolute Gasteiger partial charge is 0.242 e. The van der Waals surface area contributed by atoms with E-state index in [0.717, 1.165) is 25.9 Å². The van der Waals surface area contributed by atoms with Gasteiger partial charge in [0, 0.05) is 13.6 Å². The second kappa shape index (κ2) is 7.24. The van der Waals surface area contributed by atoms with Crippen LogP contribution >= 0.6 is 0 Å². The second-order valence-corrected chi connectivity index (χ2v) is 7.43. The van der Waals surface area contributed by atoms with Crippen molar-refractivity contribution in [2.75, 3.05) is 33.3 Å². The quantitative estimate of drug-likeness (QED) is 0.869. The first-order valence-corrected chi connectivity index (χ1v) is 8.88. The van der Waals surface area contributed by atoms with Crippen LogP contribution in [-0.4, -0.2) is 46.0 Å². The van der Waals surface area contributed by atoms with E-state index in [1.54, 1.807) is 31.3 Å². The molecule has 1 aromatic rings. The minimum Gasteiger partial charge on any atom is -0.494 e. The summed E-state index contributed by atoms with van der Waals surface area (Å²) < 4.78 is 31.9. The molecule has 1 heterocycles. The Hall–Kier alpha value is -1.11. The van der Waals surface area contributed by atoms with Crippen molar-refractivity contribution in [3.8, 4) is 5.75 Å². The highest BCUT2D eigenvalue weighted by Crippen LogP contribution is 2.21. The third kappa shape index (κ3) is 4.18. The highest BCUT2D eigenvalue weighted by Gasteiger charge is 2.24.